The summed E-state index contributed by atoms with van der Waals surface area (Å²) < 4.78 is 0. The molecule has 0 radical (unpaired) electrons. The topological polar surface area (TPSA) is 103 Å². The first-order chi connectivity index (χ1) is 17.8. The number of aromatic amines is 1. The van der Waals surface area contributed by atoms with E-state index < -0.39 is 17.9 Å². The Morgan fingerprint density at radius 3 is 2.46 bits per heavy atom. The van der Waals surface area contributed by atoms with Crippen LogP contribution in [0.2, 0.25) is 5.02 Å². The molecule has 0 fully saturated rings. The average Bonchev–Trinajstić information content (AvgIpc) is 3.32. The number of nitrogens with one attached hydrogen (secondary N) is 1. The first-order valence-corrected chi connectivity index (χ1v) is 12.3. The maximum absolute atomic E-state index is 13.5. The van der Waals surface area contributed by atoms with Gasteiger partial charge < -0.3 is 10.1 Å². The van der Waals surface area contributed by atoms with Crippen LogP contribution in [-0.2, 0) is 9.59 Å². The van der Waals surface area contributed by atoms with Gasteiger partial charge in [0.25, 0.3) is 5.56 Å². The highest BCUT2D eigenvalue weighted by Gasteiger charge is 2.35. The fraction of sp³-hybridized carbons (Fsp3) is 0.172. The zero-order valence-corrected chi connectivity index (χ0v) is 20.8. The molecule has 0 aliphatic carbocycles. The molecule has 2 N–H and O–H groups in total. The monoisotopic (exact) mass is 513 g/mol. The Balaban J connectivity index is 1.69. The molecule has 0 bridgehead atoms. The molecule has 0 saturated heterocycles. The molecule has 3 aromatic carbocycles. The number of nitrogens with zero attached hydrogens (tertiary/aromatic N) is 2. The summed E-state index contributed by atoms with van der Waals surface area (Å²) in [6, 6.07) is 22.1. The highest BCUT2D eigenvalue weighted by atomic mass is 35.5. The zero-order valence-electron chi connectivity index (χ0n) is 20.1. The molecule has 4 aromatic rings. The van der Waals surface area contributed by atoms with Crippen LogP contribution in [0.1, 0.15) is 42.0 Å². The van der Waals surface area contributed by atoms with Crippen LogP contribution in [0.15, 0.2) is 82.7 Å². The highest BCUT2D eigenvalue weighted by Crippen LogP contribution is 2.37. The molecule has 1 amide bonds. The number of hydrogen-bond donors (Lipinski definition) is 2. The lowest BCUT2D eigenvalue weighted by molar-refractivity contribution is -0.141. The molecular formula is C29H24ClN3O4. The number of aliphatic carboxylic acids is 1. The molecule has 8 heteroatoms. The first-order valence-electron chi connectivity index (χ1n) is 11.9. The minimum absolute atomic E-state index is 0.191. The third-order valence-electron chi connectivity index (χ3n) is 6.51. The van der Waals surface area contributed by atoms with E-state index in [4.69, 9.17) is 16.7 Å². The van der Waals surface area contributed by atoms with Crippen molar-refractivity contribution in [2.24, 2.45) is 5.10 Å². The largest absolute Gasteiger partial charge is 0.481 e. The molecule has 2 heterocycles. The molecule has 0 unspecified atom stereocenters. The van der Waals surface area contributed by atoms with Gasteiger partial charge in [0.2, 0.25) is 5.91 Å². The first kappa shape index (κ1) is 24.5. The summed E-state index contributed by atoms with van der Waals surface area (Å²) >= 11 is 6.35. The Hall–Kier alpha value is -4.23. The number of carbonyl (C=O) groups excluding carboxylic acids is 1. The molecule has 1 aromatic heterocycles. The fourth-order valence-corrected chi connectivity index (χ4v) is 4.89. The fourth-order valence-electron chi connectivity index (χ4n) is 4.71. The van der Waals surface area contributed by atoms with Crippen LogP contribution >= 0.6 is 11.6 Å². The van der Waals surface area contributed by atoms with Crippen molar-refractivity contribution in [3.63, 3.8) is 0 Å². The van der Waals surface area contributed by atoms with Gasteiger partial charge in [-0.05, 0) is 36.2 Å². The van der Waals surface area contributed by atoms with Crippen molar-refractivity contribution in [2.45, 2.75) is 32.2 Å². The number of amides is 1. The van der Waals surface area contributed by atoms with Gasteiger partial charge >= 0.3 is 5.97 Å². The standard InChI is InChI=1S/C29H24ClN3O4/c1-17-7-9-18(10-8-17)24-16-23(32-33(24)25(34)13-14-26(35)36)28-27(19-5-3-2-4-6-19)21-15-20(30)11-12-22(21)31-29(28)37/h2-12,15,24H,13-14,16H2,1H3,(H,31,37)(H,35,36)/t24-/m1/s1. The Morgan fingerprint density at radius 1 is 1.03 bits per heavy atom. The van der Waals surface area contributed by atoms with Crippen LogP contribution in [0, 0.1) is 6.92 Å². The minimum Gasteiger partial charge on any atom is -0.481 e. The summed E-state index contributed by atoms with van der Waals surface area (Å²) in [5.74, 6) is -1.47. The van der Waals surface area contributed by atoms with Crippen molar-refractivity contribution in [1.29, 1.82) is 0 Å². The van der Waals surface area contributed by atoms with Crippen LogP contribution in [0.25, 0.3) is 22.0 Å². The number of halogens is 1. The number of H-pyrrole nitrogens is 1. The number of rotatable bonds is 6. The lowest BCUT2D eigenvalue weighted by Crippen LogP contribution is -2.27. The molecule has 0 spiro atoms. The van der Waals surface area contributed by atoms with E-state index in [1.54, 1.807) is 18.2 Å². The van der Waals surface area contributed by atoms with Crippen LogP contribution in [0.4, 0.5) is 0 Å². The number of carboxylic acids is 1. The molecule has 186 valence electrons. The van der Waals surface area contributed by atoms with Gasteiger partial charge in [-0.15, -0.1) is 0 Å². The summed E-state index contributed by atoms with van der Waals surface area (Å²) in [5, 5.41) is 16.4. The summed E-state index contributed by atoms with van der Waals surface area (Å²) in [5.41, 5.74) is 4.57. The second-order valence-electron chi connectivity index (χ2n) is 9.07. The van der Waals surface area contributed by atoms with Crippen molar-refractivity contribution in [1.82, 2.24) is 9.99 Å². The minimum atomic E-state index is -1.06. The smallest absolute Gasteiger partial charge is 0.303 e. The van der Waals surface area contributed by atoms with Crippen molar-refractivity contribution in [3.8, 4) is 11.1 Å². The maximum atomic E-state index is 13.5. The van der Waals surface area contributed by atoms with Crippen molar-refractivity contribution >= 4 is 40.1 Å². The maximum Gasteiger partial charge on any atom is 0.303 e. The molecule has 1 aliphatic rings. The number of carboxylic acid groups (broad SMARTS) is 1. The van der Waals surface area contributed by atoms with Crippen LogP contribution in [-0.4, -0.2) is 32.7 Å². The number of fused-ring (bicyclic) bond motifs is 1. The number of hydrogen-bond acceptors (Lipinski definition) is 4. The molecule has 37 heavy (non-hydrogen) atoms. The Bertz CT molecular complexity index is 1590. The van der Waals surface area contributed by atoms with E-state index >= 15 is 0 Å². The van der Waals surface area contributed by atoms with Gasteiger partial charge in [-0.3, -0.25) is 14.4 Å². The quantitative estimate of drug-likeness (QED) is 0.345. The van der Waals surface area contributed by atoms with E-state index in [9.17, 15) is 14.4 Å². The van der Waals surface area contributed by atoms with Gasteiger partial charge in [-0.2, -0.15) is 5.10 Å². The second-order valence-corrected chi connectivity index (χ2v) is 9.51. The van der Waals surface area contributed by atoms with Gasteiger partial charge in [0.05, 0.1) is 23.7 Å². The molecule has 1 aliphatic heterocycles. The summed E-state index contributed by atoms with van der Waals surface area (Å²) in [4.78, 5) is 40.7. The number of carbonyl (C=O) groups is 2. The second kappa shape index (κ2) is 10.0. The van der Waals surface area contributed by atoms with Gasteiger partial charge in [0, 0.05) is 34.3 Å². The summed E-state index contributed by atoms with van der Waals surface area (Å²) in [6.07, 6.45) is -0.189. The van der Waals surface area contributed by atoms with Crippen molar-refractivity contribution < 1.29 is 14.7 Å². The summed E-state index contributed by atoms with van der Waals surface area (Å²) in [6.45, 7) is 1.97. The molecule has 7 nitrogen and oxygen atoms in total. The van der Waals surface area contributed by atoms with E-state index in [1.165, 1.54) is 5.01 Å². The third-order valence-corrected chi connectivity index (χ3v) is 6.74. The predicted octanol–water partition coefficient (Wildman–Crippen LogP) is 5.70. The third kappa shape index (κ3) is 4.90. The Kier molecular flexibility index (Phi) is 6.63. The van der Waals surface area contributed by atoms with Crippen LogP contribution < -0.4 is 5.56 Å². The normalized spacial score (nSPS) is 15.1. The van der Waals surface area contributed by atoms with Gasteiger partial charge in [-0.25, -0.2) is 5.01 Å². The van der Waals surface area contributed by atoms with Crippen molar-refractivity contribution in [2.75, 3.05) is 0 Å². The highest BCUT2D eigenvalue weighted by molar-refractivity contribution is 6.31. The van der Waals surface area contributed by atoms with Gasteiger partial charge in [-0.1, -0.05) is 71.8 Å². The number of hydrazone groups is 1. The lowest BCUT2D eigenvalue weighted by Gasteiger charge is -2.22. The van der Waals surface area contributed by atoms with E-state index in [0.29, 0.717) is 33.8 Å². The van der Waals surface area contributed by atoms with E-state index in [2.05, 4.69) is 10.1 Å². The van der Waals surface area contributed by atoms with Crippen LogP contribution in [0.3, 0.4) is 0 Å². The number of benzene rings is 3. The Morgan fingerprint density at radius 2 is 1.76 bits per heavy atom. The van der Waals surface area contributed by atoms with E-state index in [0.717, 1.165) is 22.1 Å². The number of aryl methyl sites for hydroxylation is 1. The summed E-state index contributed by atoms with van der Waals surface area (Å²) in [7, 11) is 0. The van der Waals surface area contributed by atoms with Gasteiger partial charge in [0.1, 0.15) is 0 Å². The molecular weight excluding hydrogens is 490 g/mol. The Labute approximate surface area is 218 Å². The van der Waals surface area contributed by atoms with Crippen molar-refractivity contribution in [3.05, 3.63) is 105 Å². The average molecular weight is 514 g/mol. The van der Waals surface area contributed by atoms with E-state index in [1.807, 2.05) is 61.5 Å². The SMILES string of the molecule is Cc1ccc([C@H]2CC(c3c(-c4ccccc4)c4cc(Cl)ccc4[nH]c3=O)=NN2C(=O)CCC(=O)O)cc1. The van der Waals surface area contributed by atoms with E-state index in [-0.39, 0.29) is 18.4 Å². The lowest BCUT2D eigenvalue weighted by atomic mass is 9.91. The predicted molar refractivity (Wildman–Crippen MR) is 144 cm³/mol. The van der Waals surface area contributed by atoms with Crippen LogP contribution in [0.5, 0.6) is 0 Å². The molecule has 1 atom stereocenters. The zero-order chi connectivity index (χ0) is 26.1. The number of pyridine rings is 1. The molecule has 5 rings (SSSR count). The van der Waals surface area contributed by atoms with Gasteiger partial charge in [0.15, 0.2) is 0 Å². The molecule has 0 saturated carbocycles. The number of aromatic nitrogens is 1.